The number of halogens is 5. The zero-order valence-electron chi connectivity index (χ0n) is 16.5. The van der Waals surface area contributed by atoms with Gasteiger partial charge in [-0.25, -0.2) is 13.6 Å². The van der Waals surface area contributed by atoms with Gasteiger partial charge in [-0.15, -0.1) is 0 Å². The first-order valence-corrected chi connectivity index (χ1v) is 11.4. The molecular formula is C21H15Cl2F3N2O4S. The minimum absolute atomic E-state index is 0.0198. The van der Waals surface area contributed by atoms with E-state index in [4.69, 9.17) is 33.1 Å². The van der Waals surface area contributed by atoms with Crippen LogP contribution in [-0.2, 0) is 27.4 Å². The van der Waals surface area contributed by atoms with Gasteiger partial charge in [0.15, 0.2) is 0 Å². The monoisotopic (exact) mass is 518 g/mol. The molecule has 0 aliphatic carbocycles. The van der Waals surface area contributed by atoms with Crippen LogP contribution in [0, 0.1) is 0 Å². The van der Waals surface area contributed by atoms with Crippen LogP contribution in [0.25, 0.3) is 0 Å². The van der Waals surface area contributed by atoms with Crippen molar-refractivity contribution < 1.29 is 31.1 Å². The maximum Gasteiger partial charge on any atom is 0.416 e. The molecule has 174 valence electrons. The number of anilines is 1. The molecule has 0 fully saturated rings. The summed E-state index contributed by atoms with van der Waals surface area (Å²) in [4.78, 5) is 12.0. The summed E-state index contributed by atoms with van der Waals surface area (Å²) in [6.45, 7) is 0. The van der Waals surface area contributed by atoms with Gasteiger partial charge < -0.3 is 10.1 Å². The molecule has 0 saturated heterocycles. The molecule has 12 heteroatoms. The Morgan fingerprint density at radius 1 is 1.03 bits per heavy atom. The second-order valence-electron chi connectivity index (χ2n) is 6.79. The fourth-order valence-electron chi connectivity index (χ4n) is 2.81. The number of nitrogens with two attached hydrogens (primary N) is 1. The van der Waals surface area contributed by atoms with Crippen molar-refractivity contribution in [2.75, 3.05) is 5.32 Å². The Morgan fingerprint density at radius 2 is 1.76 bits per heavy atom. The van der Waals surface area contributed by atoms with Gasteiger partial charge in [0, 0.05) is 15.7 Å². The smallest absolute Gasteiger partial charge is 0.416 e. The molecule has 0 unspecified atom stereocenters. The normalized spacial score (nSPS) is 11.8. The first-order valence-electron chi connectivity index (χ1n) is 9.08. The van der Waals surface area contributed by atoms with Crippen LogP contribution < -0.4 is 15.2 Å². The SMILES string of the molecule is NS(=O)(=O)c1cc(NC(=O)Cc2cc(C(F)(F)F)ccc2Cl)ccc1Oc1cccc(Cl)c1. The summed E-state index contributed by atoms with van der Waals surface area (Å²) in [7, 11) is -4.26. The topological polar surface area (TPSA) is 98.5 Å². The maximum absolute atomic E-state index is 12.9. The minimum atomic E-state index is -4.60. The molecule has 0 heterocycles. The van der Waals surface area contributed by atoms with Crippen LogP contribution in [0.15, 0.2) is 65.6 Å². The molecule has 1 amide bonds. The number of primary sulfonamides is 1. The zero-order valence-corrected chi connectivity index (χ0v) is 18.8. The van der Waals surface area contributed by atoms with Crippen molar-refractivity contribution in [1.82, 2.24) is 0 Å². The molecule has 0 atom stereocenters. The largest absolute Gasteiger partial charge is 0.456 e. The molecule has 33 heavy (non-hydrogen) atoms. The van der Waals surface area contributed by atoms with Crippen molar-refractivity contribution in [3.8, 4) is 11.5 Å². The number of alkyl halides is 3. The fourth-order valence-corrected chi connectivity index (χ4v) is 3.86. The first-order chi connectivity index (χ1) is 15.3. The lowest BCUT2D eigenvalue weighted by Crippen LogP contribution is -2.17. The summed E-state index contributed by atoms with van der Waals surface area (Å²) in [5, 5.41) is 8.03. The Kier molecular flexibility index (Phi) is 7.23. The Labute approximate surface area is 197 Å². The van der Waals surface area contributed by atoms with Crippen LogP contribution in [0.1, 0.15) is 11.1 Å². The van der Waals surface area contributed by atoms with Gasteiger partial charge in [-0.3, -0.25) is 4.79 Å². The van der Waals surface area contributed by atoms with Gasteiger partial charge >= 0.3 is 6.18 Å². The van der Waals surface area contributed by atoms with E-state index in [2.05, 4.69) is 5.32 Å². The molecule has 0 radical (unpaired) electrons. The van der Waals surface area contributed by atoms with Crippen LogP contribution in [0.5, 0.6) is 11.5 Å². The zero-order chi connectivity index (χ0) is 24.4. The number of hydrogen-bond donors (Lipinski definition) is 2. The number of hydrogen-bond acceptors (Lipinski definition) is 4. The van der Waals surface area contributed by atoms with Crippen LogP contribution in [-0.4, -0.2) is 14.3 Å². The second kappa shape index (κ2) is 9.60. The Balaban J connectivity index is 1.83. The van der Waals surface area contributed by atoms with E-state index in [9.17, 15) is 26.4 Å². The van der Waals surface area contributed by atoms with Crippen molar-refractivity contribution in [1.29, 1.82) is 0 Å². The highest BCUT2D eigenvalue weighted by Gasteiger charge is 2.31. The number of nitrogens with one attached hydrogen (secondary N) is 1. The number of ether oxygens (including phenoxy) is 1. The van der Waals surface area contributed by atoms with Gasteiger partial charge in [0.2, 0.25) is 15.9 Å². The minimum Gasteiger partial charge on any atom is -0.456 e. The van der Waals surface area contributed by atoms with Gasteiger partial charge in [-0.1, -0.05) is 29.3 Å². The van der Waals surface area contributed by atoms with Gasteiger partial charge in [0.05, 0.1) is 12.0 Å². The third-order valence-electron chi connectivity index (χ3n) is 4.28. The molecule has 0 bridgehead atoms. The van der Waals surface area contributed by atoms with Crippen molar-refractivity contribution >= 4 is 44.8 Å². The first kappa shape index (κ1) is 24.8. The Hall–Kier alpha value is -2.79. The number of carbonyl (C=O) groups excluding carboxylic acids is 1. The molecule has 0 saturated carbocycles. The molecule has 3 aromatic rings. The van der Waals surface area contributed by atoms with Gasteiger partial charge in [-0.2, -0.15) is 13.2 Å². The van der Waals surface area contributed by atoms with E-state index in [0.717, 1.165) is 24.3 Å². The highest BCUT2D eigenvalue weighted by Crippen LogP contribution is 2.33. The third-order valence-corrected chi connectivity index (χ3v) is 5.82. The summed E-state index contributed by atoms with van der Waals surface area (Å²) in [6.07, 6.45) is -5.08. The third kappa shape index (κ3) is 6.61. The van der Waals surface area contributed by atoms with E-state index in [0.29, 0.717) is 5.02 Å². The van der Waals surface area contributed by atoms with Crippen molar-refractivity contribution in [2.45, 2.75) is 17.5 Å². The number of sulfonamides is 1. The average Bonchev–Trinajstić information content (AvgIpc) is 2.69. The van der Waals surface area contributed by atoms with E-state index in [1.165, 1.54) is 18.2 Å². The lowest BCUT2D eigenvalue weighted by Gasteiger charge is -2.13. The lowest BCUT2D eigenvalue weighted by atomic mass is 10.1. The Bertz CT molecular complexity index is 1320. The molecule has 3 N–H and O–H groups in total. The molecule has 3 aromatic carbocycles. The second-order valence-corrected chi connectivity index (χ2v) is 9.17. The summed E-state index contributed by atoms with van der Waals surface area (Å²) >= 11 is 11.8. The van der Waals surface area contributed by atoms with E-state index in [1.807, 2.05) is 0 Å². The predicted molar refractivity (Wildman–Crippen MR) is 118 cm³/mol. The van der Waals surface area contributed by atoms with Gasteiger partial charge in [-0.05, 0) is 60.2 Å². The van der Waals surface area contributed by atoms with Crippen molar-refractivity contribution in [3.05, 3.63) is 81.8 Å². The maximum atomic E-state index is 12.9. The van der Waals surface area contributed by atoms with E-state index in [1.54, 1.807) is 18.2 Å². The molecule has 0 aromatic heterocycles. The van der Waals surface area contributed by atoms with Crippen molar-refractivity contribution in [2.24, 2.45) is 5.14 Å². The number of rotatable bonds is 6. The summed E-state index contributed by atoms with van der Waals surface area (Å²) in [5.41, 5.74) is -0.962. The molecule has 0 aliphatic heterocycles. The molecule has 0 aliphatic rings. The Morgan fingerprint density at radius 3 is 2.39 bits per heavy atom. The highest BCUT2D eigenvalue weighted by atomic mass is 35.5. The quantitative estimate of drug-likeness (QED) is 0.441. The van der Waals surface area contributed by atoms with E-state index in [-0.39, 0.29) is 27.8 Å². The number of carbonyl (C=O) groups is 1. The average molecular weight is 519 g/mol. The number of benzene rings is 3. The van der Waals surface area contributed by atoms with Crippen LogP contribution in [0.2, 0.25) is 10.0 Å². The summed E-state index contributed by atoms with van der Waals surface area (Å²) < 4.78 is 68.4. The predicted octanol–water partition coefficient (Wildman–Crippen LogP) is 5.63. The van der Waals surface area contributed by atoms with Gasteiger partial charge in [0.1, 0.15) is 16.4 Å². The van der Waals surface area contributed by atoms with E-state index < -0.39 is 39.0 Å². The standard InChI is InChI=1S/C21H15Cl2F3N2O4S/c22-14-2-1-3-16(10-14)32-18-7-5-15(11-19(18)33(27,30)31)28-20(29)9-12-8-13(21(24,25)26)4-6-17(12)23/h1-8,10-11H,9H2,(H,28,29)(H2,27,30,31). The lowest BCUT2D eigenvalue weighted by molar-refractivity contribution is -0.137. The summed E-state index contributed by atoms with van der Waals surface area (Å²) in [6, 6.07) is 12.5. The van der Waals surface area contributed by atoms with E-state index >= 15 is 0 Å². The molecular weight excluding hydrogens is 504 g/mol. The van der Waals surface area contributed by atoms with Crippen LogP contribution in [0.4, 0.5) is 18.9 Å². The molecule has 0 spiro atoms. The number of amides is 1. The van der Waals surface area contributed by atoms with Crippen LogP contribution >= 0.6 is 23.2 Å². The molecule has 6 nitrogen and oxygen atoms in total. The highest BCUT2D eigenvalue weighted by molar-refractivity contribution is 7.89. The van der Waals surface area contributed by atoms with Crippen LogP contribution in [0.3, 0.4) is 0 Å². The fraction of sp³-hybridized carbons (Fsp3) is 0.0952. The summed E-state index contributed by atoms with van der Waals surface area (Å²) in [5.74, 6) is -0.581. The van der Waals surface area contributed by atoms with Gasteiger partial charge in [0.25, 0.3) is 0 Å². The van der Waals surface area contributed by atoms with Crippen molar-refractivity contribution in [3.63, 3.8) is 0 Å². The molecule has 3 rings (SSSR count).